The zero-order chi connectivity index (χ0) is 17.4. The molecule has 0 spiro atoms. The molecule has 6 nitrogen and oxygen atoms in total. The summed E-state index contributed by atoms with van der Waals surface area (Å²) in [6, 6.07) is 6.04. The molecule has 1 fully saturated rings. The third kappa shape index (κ3) is 6.45. The largest absolute Gasteiger partial charge is 0.497 e. The molecular weight excluding hydrogens is 431 g/mol. The van der Waals surface area contributed by atoms with Gasteiger partial charge in [0.05, 0.1) is 14.2 Å². The van der Waals surface area contributed by atoms with Gasteiger partial charge in [0, 0.05) is 56.6 Å². The normalized spacial score (nSPS) is 16.0. The summed E-state index contributed by atoms with van der Waals surface area (Å²) in [5.41, 5.74) is 1.15. The highest BCUT2D eigenvalue weighted by atomic mass is 127. The van der Waals surface area contributed by atoms with Crippen LogP contribution in [0.25, 0.3) is 0 Å². The van der Waals surface area contributed by atoms with Gasteiger partial charge in [0.25, 0.3) is 0 Å². The average molecular weight is 462 g/mol. The SMILES string of the molecule is CCNC(=NCC1CCN(c2cc(OC)cc(OC)c2)C1)NCC.I. The summed E-state index contributed by atoms with van der Waals surface area (Å²) in [6.07, 6.45) is 1.15. The number of anilines is 1. The number of rotatable bonds is 7. The van der Waals surface area contributed by atoms with Crippen LogP contribution in [0.15, 0.2) is 23.2 Å². The Hall–Kier alpha value is -1.38. The van der Waals surface area contributed by atoms with Crippen LogP contribution in [0.3, 0.4) is 0 Å². The number of hydrogen-bond acceptors (Lipinski definition) is 4. The van der Waals surface area contributed by atoms with Crippen LogP contribution >= 0.6 is 24.0 Å². The molecule has 0 amide bonds. The van der Waals surface area contributed by atoms with Gasteiger partial charge in [-0.05, 0) is 26.2 Å². The van der Waals surface area contributed by atoms with Crippen molar-refractivity contribution in [3.63, 3.8) is 0 Å². The third-order valence-electron chi connectivity index (χ3n) is 4.18. The second kappa shape index (κ2) is 11.3. The molecule has 142 valence electrons. The van der Waals surface area contributed by atoms with Crippen molar-refractivity contribution in [1.82, 2.24) is 10.6 Å². The molecule has 0 aromatic heterocycles. The molecule has 1 saturated heterocycles. The third-order valence-corrected chi connectivity index (χ3v) is 4.18. The van der Waals surface area contributed by atoms with Gasteiger partial charge < -0.3 is 25.0 Å². The predicted octanol–water partition coefficient (Wildman–Crippen LogP) is 2.72. The molecule has 1 aliphatic rings. The van der Waals surface area contributed by atoms with E-state index in [2.05, 4.69) is 41.5 Å². The fourth-order valence-electron chi connectivity index (χ4n) is 2.92. The molecule has 2 N–H and O–H groups in total. The van der Waals surface area contributed by atoms with Crippen molar-refractivity contribution in [1.29, 1.82) is 0 Å². The Morgan fingerprint density at radius 1 is 1.12 bits per heavy atom. The number of halogens is 1. The minimum Gasteiger partial charge on any atom is -0.497 e. The van der Waals surface area contributed by atoms with Gasteiger partial charge in [-0.15, -0.1) is 24.0 Å². The van der Waals surface area contributed by atoms with Crippen molar-refractivity contribution < 1.29 is 9.47 Å². The molecule has 1 heterocycles. The molecular formula is C18H31IN4O2. The molecule has 0 saturated carbocycles. The second-order valence-electron chi connectivity index (χ2n) is 5.92. The van der Waals surface area contributed by atoms with Crippen LogP contribution in [0.2, 0.25) is 0 Å². The molecule has 1 aromatic carbocycles. The van der Waals surface area contributed by atoms with E-state index in [0.717, 1.165) is 62.3 Å². The van der Waals surface area contributed by atoms with Crippen molar-refractivity contribution >= 4 is 35.6 Å². The Morgan fingerprint density at radius 3 is 2.24 bits per heavy atom. The van der Waals surface area contributed by atoms with E-state index in [0.29, 0.717) is 5.92 Å². The first-order chi connectivity index (χ1) is 11.7. The van der Waals surface area contributed by atoms with Crippen LogP contribution in [0.4, 0.5) is 5.69 Å². The maximum absolute atomic E-state index is 5.37. The van der Waals surface area contributed by atoms with Crippen LogP contribution in [0, 0.1) is 5.92 Å². The van der Waals surface area contributed by atoms with E-state index in [1.807, 2.05) is 6.07 Å². The highest BCUT2D eigenvalue weighted by Gasteiger charge is 2.23. The van der Waals surface area contributed by atoms with Crippen molar-refractivity contribution in [2.75, 3.05) is 51.8 Å². The fourth-order valence-corrected chi connectivity index (χ4v) is 2.92. The molecule has 1 atom stereocenters. The van der Waals surface area contributed by atoms with Gasteiger partial charge >= 0.3 is 0 Å². The second-order valence-corrected chi connectivity index (χ2v) is 5.92. The average Bonchev–Trinajstić information content (AvgIpc) is 3.08. The van der Waals surface area contributed by atoms with E-state index in [1.165, 1.54) is 0 Å². The van der Waals surface area contributed by atoms with Crippen LogP contribution in [-0.2, 0) is 0 Å². The topological polar surface area (TPSA) is 58.1 Å². The lowest BCUT2D eigenvalue weighted by Gasteiger charge is -2.20. The minimum absolute atomic E-state index is 0. The van der Waals surface area contributed by atoms with E-state index in [9.17, 15) is 0 Å². The maximum atomic E-state index is 5.37. The number of benzene rings is 1. The number of ether oxygens (including phenoxy) is 2. The fraction of sp³-hybridized carbons (Fsp3) is 0.611. The number of methoxy groups -OCH3 is 2. The summed E-state index contributed by atoms with van der Waals surface area (Å²) in [5.74, 6) is 3.12. The first-order valence-corrected chi connectivity index (χ1v) is 8.70. The standard InChI is InChI=1S/C18H30N4O2.HI/c1-5-19-18(20-6-2)21-12-14-7-8-22(13-14)15-9-16(23-3)11-17(10-15)24-4;/h9-11,14H,5-8,12-13H2,1-4H3,(H2,19,20,21);1H. The van der Waals surface area contributed by atoms with Crippen molar-refractivity contribution in [3.05, 3.63) is 18.2 Å². The number of nitrogens with zero attached hydrogens (tertiary/aromatic N) is 2. The first-order valence-electron chi connectivity index (χ1n) is 8.70. The Morgan fingerprint density at radius 2 is 1.72 bits per heavy atom. The Labute approximate surface area is 168 Å². The van der Waals surface area contributed by atoms with E-state index in [-0.39, 0.29) is 24.0 Å². The molecule has 1 unspecified atom stereocenters. The van der Waals surface area contributed by atoms with Crippen molar-refractivity contribution in [2.45, 2.75) is 20.3 Å². The maximum Gasteiger partial charge on any atom is 0.191 e. The van der Waals surface area contributed by atoms with Crippen LogP contribution in [0.5, 0.6) is 11.5 Å². The van der Waals surface area contributed by atoms with Gasteiger partial charge in [0.15, 0.2) is 5.96 Å². The summed E-state index contributed by atoms with van der Waals surface area (Å²) in [5, 5.41) is 6.55. The Bertz CT molecular complexity index is 524. The molecule has 0 aliphatic carbocycles. The van der Waals surface area contributed by atoms with Gasteiger partial charge in [-0.3, -0.25) is 4.99 Å². The van der Waals surface area contributed by atoms with Gasteiger partial charge in [-0.1, -0.05) is 0 Å². The molecule has 0 radical (unpaired) electrons. The summed E-state index contributed by atoms with van der Waals surface area (Å²) in [7, 11) is 3.37. The number of nitrogens with one attached hydrogen (secondary N) is 2. The van der Waals surface area contributed by atoms with Crippen LogP contribution in [-0.4, -0.2) is 52.9 Å². The van der Waals surface area contributed by atoms with Crippen molar-refractivity contribution in [3.8, 4) is 11.5 Å². The van der Waals surface area contributed by atoms with Gasteiger partial charge in [0.1, 0.15) is 11.5 Å². The summed E-state index contributed by atoms with van der Waals surface area (Å²) < 4.78 is 10.7. The molecule has 1 aliphatic heterocycles. The molecule has 1 aromatic rings. The lowest BCUT2D eigenvalue weighted by molar-refractivity contribution is 0.394. The van der Waals surface area contributed by atoms with Gasteiger partial charge in [-0.2, -0.15) is 0 Å². The summed E-state index contributed by atoms with van der Waals surface area (Å²) in [6.45, 7) is 8.81. The number of hydrogen-bond donors (Lipinski definition) is 2. The molecule has 7 heteroatoms. The molecule has 2 rings (SSSR count). The van der Waals surface area contributed by atoms with E-state index in [4.69, 9.17) is 14.5 Å². The monoisotopic (exact) mass is 462 g/mol. The molecule has 25 heavy (non-hydrogen) atoms. The Kier molecular flexibility index (Phi) is 9.77. The highest BCUT2D eigenvalue weighted by molar-refractivity contribution is 14.0. The van der Waals surface area contributed by atoms with Crippen LogP contribution in [0.1, 0.15) is 20.3 Å². The highest BCUT2D eigenvalue weighted by Crippen LogP contribution is 2.31. The number of aliphatic imine (C=N–C) groups is 1. The summed E-state index contributed by atoms with van der Waals surface area (Å²) in [4.78, 5) is 7.08. The lowest BCUT2D eigenvalue weighted by atomic mass is 10.1. The first kappa shape index (κ1) is 21.7. The zero-order valence-corrected chi connectivity index (χ0v) is 18.0. The minimum atomic E-state index is 0. The summed E-state index contributed by atoms with van der Waals surface area (Å²) >= 11 is 0. The Balaban J connectivity index is 0.00000312. The van der Waals surface area contributed by atoms with Crippen LogP contribution < -0.4 is 25.0 Å². The lowest BCUT2D eigenvalue weighted by Crippen LogP contribution is -2.37. The van der Waals surface area contributed by atoms with Gasteiger partial charge in [-0.25, -0.2) is 0 Å². The molecule has 0 bridgehead atoms. The van der Waals surface area contributed by atoms with Crippen molar-refractivity contribution in [2.24, 2.45) is 10.9 Å². The van der Waals surface area contributed by atoms with Gasteiger partial charge in [0.2, 0.25) is 0 Å². The van der Waals surface area contributed by atoms with E-state index >= 15 is 0 Å². The van der Waals surface area contributed by atoms with E-state index in [1.54, 1.807) is 14.2 Å². The zero-order valence-electron chi connectivity index (χ0n) is 15.7. The number of guanidine groups is 1. The quantitative estimate of drug-likeness (QED) is 0.371. The van der Waals surface area contributed by atoms with E-state index < -0.39 is 0 Å². The predicted molar refractivity (Wildman–Crippen MR) is 115 cm³/mol. The smallest absolute Gasteiger partial charge is 0.191 e.